The molecule has 0 spiro atoms. The van der Waals surface area contributed by atoms with E-state index in [1.54, 1.807) is 0 Å². The van der Waals surface area contributed by atoms with Crippen LogP contribution in [-0.2, 0) is 4.74 Å². The lowest BCUT2D eigenvalue weighted by atomic mass is 10.0. The molecule has 1 saturated heterocycles. The lowest BCUT2D eigenvalue weighted by molar-refractivity contribution is 0.0988. The molecule has 0 amide bonds. The molecule has 0 saturated carbocycles. The van der Waals surface area contributed by atoms with Gasteiger partial charge in [-0.3, -0.25) is 0 Å². The second-order valence-electron chi connectivity index (χ2n) is 4.28. The molecule has 0 aromatic carbocycles. The number of rotatable bonds is 5. The van der Waals surface area contributed by atoms with Crippen molar-refractivity contribution in [3.63, 3.8) is 0 Å². The third-order valence-electron chi connectivity index (χ3n) is 2.54. The van der Waals surface area contributed by atoms with Gasteiger partial charge in [0.05, 0.1) is 6.10 Å². The molecule has 1 fully saturated rings. The van der Waals surface area contributed by atoms with Crippen LogP contribution in [0.25, 0.3) is 0 Å². The van der Waals surface area contributed by atoms with E-state index in [1.807, 2.05) is 0 Å². The predicted octanol–water partition coefficient (Wildman–Crippen LogP) is 2.50. The van der Waals surface area contributed by atoms with E-state index in [1.165, 1.54) is 18.4 Å². The molecule has 14 heavy (non-hydrogen) atoms. The Morgan fingerprint density at radius 3 is 2.86 bits per heavy atom. The van der Waals surface area contributed by atoms with Crippen molar-refractivity contribution < 1.29 is 4.74 Å². The highest BCUT2D eigenvalue weighted by molar-refractivity contribution is 5.01. The maximum Gasteiger partial charge on any atom is 0.0593 e. The smallest absolute Gasteiger partial charge is 0.0593 e. The molecule has 1 rings (SSSR count). The lowest BCUT2D eigenvalue weighted by Gasteiger charge is -2.18. The number of nitrogens with one attached hydrogen (secondary N) is 1. The summed E-state index contributed by atoms with van der Waals surface area (Å²) in [5, 5.41) is 3.48. The molecule has 1 aliphatic rings. The van der Waals surface area contributed by atoms with Gasteiger partial charge in [0.15, 0.2) is 0 Å². The van der Waals surface area contributed by atoms with Gasteiger partial charge in [0, 0.05) is 12.6 Å². The Kier molecular flexibility index (Phi) is 5.20. The highest BCUT2D eigenvalue weighted by Crippen LogP contribution is 2.17. The zero-order valence-corrected chi connectivity index (χ0v) is 9.68. The minimum atomic E-state index is 0.481. The van der Waals surface area contributed by atoms with Crippen molar-refractivity contribution in [1.82, 2.24) is 5.32 Å². The first-order chi connectivity index (χ1) is 6.72. The van der Waals surface area contributed by atoms with E-state index in [4.69, 9.17) is 4.74 Å². The van der Waals surface area contributed by atoms with E-state index < -0.39 is 0 Å². The Hall–Kier alpha value is -0.340. The van der Waals surface area contributed by atoms with Gasteiger partial charge < -0.3 is 10.1 Å². The Morgan fingerprint density at radius 2 is 2.36 bits per heavy atom. The summed E-state index contributed by atoms with van der Waals surface area (Å²) in [6.45, 7) is 8.44. The molecule has 2 unspecified atom stereocenters. The Morgan fingerprint density at radius 1 is 1.57 bits per heavy atom. The number of allylic oxidation sites excluding steroid dienone is 1. The van der Waals surface area contributed by atoms with Crippen molar-refractivity contribution in [2.75, 3.05) is 13.2 Å². The number of hydrogen-bond acceptors (Lipinski definition) is 2. The molecule has 0 aliphatic carbocycles. The predicted molar refractivity (Wildman–Crippen MR) is 60.5 cm³/mol. The maximum atomic E-state index is 5.64. The van der Waals surface area contributed by atoms with E-state index >= 15 is 0 Å². The summed E-state index contributed by atoms with van der Waals surface area (Å²) in [6.07, 6.45) is 6.38. The average Bonchev–Trinajstić information content (AvgIpc) is 2.56. The normalized spacial score (nSPS) is 23.5. The number of ether oxygens (including phenoxy) is 1. The number of likely N-dealkylation sites (N-methyl/N-ethyl adjacent to an activating group) is 1. The summed E-state index contributed by atoms with van der Waals surface area (Å²) in [4.78, 5) is 0. The molecule has 0 radical (unpaired) electrons. The van der Waals surface area contributed by atoms with Crippen molar-refractivity contribution in [2.45, 2.75) is 52.2 Å². The fourth-order valence-corrected chi connectivity index (χ4v) is 1.99. The Labute approximate surface area is 87.7 Å². The first-order valence-corrected chi connectivity index (χ1v) is 5.72. The van der Waals surface area contributed by atoms with Crippen molar-refractivity contribution in [1.29, 1.82) is 0 Å². The fourth-order valence-electron chi connectivity index (χ4n) is 1.99. The minimum absolute atomic E-state index is 0.481. The first kappa shape index (κ1) is 11.7. The van der Waals surface area contributed by atoms with Crippen LogP contribution in [0, 0.1) is 0 Å². The summed E-state index contributed by atoms with van der Waals surface area (Å²) in [7, 11) is 0. The second-order valence-corrected chi connectivity index (χ2v) is 4.28. The summed E-state index contributed by atoms with van der Waals surface area (Å²) < 4.78 is 5.64. The standard InChI is InChI=1S/C12H23NO/c1-4-13-11(8-10(2)3)9-12-6-5-7-14-12/h8,11-13H,4-7,9H2,1-3H3. The van der Waals surface area contributed by atoms with Gasteiger partial charge in [-0.25, -0.2) is 0 Å². The quantitative estimate of drug-likeness (QED) is 0.684. The summed E-state index contributed by atoms with van der Waals surface area (Å²) in [5.74, 6) is 0. The molecule has 1 N–H and O–H groups in total. The molecular formula is C12H23NO. The molecular weight excluding hydrogens is 174 g/mol. The van der Waals surface area contributed by atoms with E-state index in [2.05, 4.69) is 32.2 Å². The largest absolute Gasteiger partial charge is 0.378 e. The van der Waals surface area contributed by atoms with Crippen LogP contribution >= 0.6 is 0 Å². The van der Waals surface area contributed by atoms with E-state index in [0.29, 0.717) is 12.1 Å². The van der Waals surface area contributed by atoms with Gasteiger partial charge in [-0.2, -0.15) is 0 Å². The SMILES string of the molecule is CCNC(C=C(C)C)CC1CCCO1. The molecule has 2 nitrogen and oxygen atoms in total. The Bertz CT molecular complexity index is 179. The first-order valence-electron chi connectivity index (χ1n) is 5.72. The molecule has 0 aromatic heterocycles. The van der Waals surface area contributed by atoms with Crippen LogP contribution in [0.4, 0.5) is 0 Å². The minimum Gasteiger partial charge on any atom is -0.378 e. The topological polar surface area (TPSA) is 21.3 Å². The van der Waals surface area contributed by atoms with Crippen molar-refractivity contribution in [2.24, 2.45) is 0 Å². The summed E-state index contributed by atoms with van der Waals surface area (Å²) >= 11 is 0. The van der Waals surface area contributed by atoms with Crippen LogP contribution in [-0.4, -0.2) is 25.3 Å². The Balaban J connectivity index is 2.37. The monoisotopic (exact) mass is 197 g/mol. The van der Waals surface area contributed by atoms with Crippen LogP contribution in [0.1, 0.15) is 40.0 Å². The van der Waals surface area contributed by atoms with Crippen LogP contribution in [0.15, 0.2) is 11.6 Å². The van der Waals surface area contributed by atoms with Gasteiger partial charge in [0.1, 0.15) is 0 Å². The molecule has 82 valence electrons. The fraction of sp³-hybridized carbons (Fsp3) is 0.833. The maximum absolute atomic E-state index is 5.64. The third kappa shape index (κ3) is 4.25. The van der Waals surface area contributed by atoms with Gasteiger partial charge in [-0.05, 0) is 39.7 Å². The highest BCUT2D eigenvalue weighted by Gasteiger charge is 2.18. The second kappa shape index (κ2) is 6.20. The van der Waals surface area contributed by atoms with Crippen LogP contribution in [0.3, 0.4) is 0 Å². The molecule has 0 aromatic rings. The van der Waals surface area contributed by atoms with E-state index in [-0.39, 0.29) is 0 Å². The van der Waals surface area contributed by atoms with Crippen molar-refractivity contribution in [3.8, 4) is 0 Å². The lowest BCUT2D eigenvalue weighted by Crippen LogP contribution is -2.31. The van der Waals surface area contributed by atoms with Gasteiger partial charge in [0.2, 0.25) is 0 Å². The zero-order chi connectivity index (χ0) is 10.4. The summed E-state index contributed by atoms with van der Waals surface area (Å²) in [6, 6.07) is 0.494. The molecule has 0 bridgehead atoms. The van der Waals surface area contributed by atoms with Crippen LogP contribution in [0.5, 0.6) is 0 Å². The molecule has 2 heteroatoms. The molecule has 1 heterocycles. The van der Waals surface area contributed by atoms with Crippen LogP contribution in [0.2, 0.25) is 0 Å². The molecule has 1 aliphatic heterocycles. The summed E-state index contributed by atoms with van der Waals surface area (Å²) in [5.41, 5.74) is 1.38. The van der Waals surface area contributed by atoms with Gasteiger partial charge >= 0.3 is 0 Å². The zero-order valence-electron chi connectivity index (χ0n) is 9.68. The third-order valence-corrected chi connectivity index (χ3v) is 2.54. The van der Waals surface area contributed by atoms with Crippen molar-refractivity contribution in [3.05, 3.63) is 11.6 Å². The van der Waals surface area contributed by atoms with Gasteiger partial charge in [0.25, 0.3) is 0 Å². The van der Waals surface area contributed by atoms with Gasteiger partial charge in [-0.15, -0.1) is 0 Å². The van der Waals surface area contributed by atoms with E-state index in [0.717, 1.165) is 19.6 Å². The average molecular weight is 197 g/mol. The number of hydrogen-bond donors (Lipinski definition) is 1. The van der Waals surface area contributed by atoms with Gasteiger partial charge in [-0.1, -0.05) is 18.6 Å². The molecule has 2 atom stereocenters. The van der Waals surface area contributed by atoms with E-state index in [9.17, 15) is 0 Å². The van der Waals surface area contributed by atoms with Crippen molar-refractivity contribution >= 4 is 0 Å². The van der Waals surface area contributed by atoms with Crippen LogP contribution < -0.4 is 5.32 Å². The highest BCUT2D eigenvalue weighted by atomic mass is 16.5.